The first kappa shape index (κ1) is 28.6. The van der Waals surface area contributed by atoms with E-state index in [1.165, 1.54) is 25.7 Å². The summed E-state index contributed by atoms with van der Waals surface area (Å²) in [6.45, 7) is 2.54. The average Bonchev–Trinajstić information content (AvgIpc) is 2.74. The fourth-order valence-electron chi connectivity index (χ4n) is 2.61. The number of carbonyl (C=O) groups is 3. The highest BCUT2D eigenvalue weighted by Gasteiger charge is 2.07. The fourth-order valence-corrected chi connectivity index (χ4v) is 2.61. The minimum atomic E-state index is -1.03. The van der Waals surface area contributed by atoms with Gasteiger partial charge in [-0.15, -0.1) is 0 Å². The van der Waals surface area contributed by atoms with Crippen LogP contribution in [0, 0.1) is 0 Å². The molecule has 0 aromatic rings. The Hall–Kier alpha value is -2.37. The van der Waals surface area contributed by atoms with E-state index in [4.69, 9.17) is 14.6 Å². The van der Waals surface area contributed by atoms with Gasteiger partial charge in [-0.2, -0.15) is 0 Å². The number of ether oxygens (including phenoxy) is 2. The van der Waals surface area contributed by atoms with E-state index in [1.807, 2.05) is 0 Å². The zero-order valence-electron chi connectivity index (χ0n) is 19.1. The zero-order valence-corrected chi connectivity index (χ0v) is 19.1. The van der Waals surface area contributed by atoms with Crippen LogP contribution in [0.1, 0.15) is 90.4 Å². The molecule has 0 aromatic carbocycles. The molecular formula is C25H40O6. The van der Waals surface area contributed by atoms with Gasteiger partial charge in [0, 0.05) is 12.8 Å². The number of hydrogen-bond acceptors (Lipinski definition) is 5. The van der Waals surface area contributed by atoms with Gasteiger partial charge in [-0.25, -0.2) is 0 Å². The summed E-state index contributed by atoms with van der Waals surface area (Å²) in [7, 11) is 0. The van der Waals surface area contributed by atoms with Crippen molar-refractivity contribution in [3.8, 4) is 0 Å². The summed E-state index contributed by atoms with van der Waals surface area (Å²) in [4.78, 5) is 33.2. The van der Waals surface area contributed by atoms with E-state index < -0.39 is 11.9 Å². The predicted molar refractivity (Wildman–Crippen MR) is 123 cm³/mol. The van der Waals surface area contributed by atoms with Crippen molar-refractivity contribution >= 4 is 17.9 Å². The van der Waals surface area contributed by atoms with Crippen molar-refractivity contribution in [2.75, 3.05) is 13.2 Å². The molecule has 0 amide bonds. The van der Waals surface area contributed by atoms with Crippen molar-refractivity contribution in [2.24, 2.45) is 0 Å². The monoisotopic (exact) mass is 436 g/mol. The summed E-state index contributed by atoms with van der Waals surface area (Å²) in [6, 6.07) is 0. The van der Waals surface area contributed by atoms with Crippen LogP contribution in [-0.4, -0.2) is 36.2 Å². The Bertz CT molecular complexity index is 562. The first-order valence-corrected chi connectivity index (χ1v) is 11.5. The highest BCUT2D eigenvalue weighted by Crippen LogP contribution is 2.04. The smallest absolute Gasteiger partial charge is 0.306 e. The first-order valence-electron chi connectivity index (χ1n) is 11.5. The lowest BCUT2D eigenvalue weighted by Gasteiger charge is -2.05. The van der Waals surface area contributed by atoms with E-state index in [2.05, 4.69) is 43.4 Å². The number of rotatable bonds is 20. The van der Waals surface area contributed by atoms with Gasteiger partial charge in [-0.1, -0.05) is 56.2 Å². The highest BCUT2D eigenvalue weighted by atomic mass is 16.5. The Kier molecular flexibility index (Phi) is 20.6. The molecule has 176 valence electrons. The molecule has 0 spiro atoms. The molecule has 0 heterocycles. The lowest BCUT2D eigenvalue weighted by atomic mass is 10.1. The van der Waals surface area contributed by atoms with Gasteiger partial charge in [0.05, 0.1) is 26.1 Å². The zero-order chi connectivity index (χ0) is 23.0. The normalized spacial score (nSPS) is 11.5. The quantitative estimate of drug-likeness (QED) is 0.145. The maximum Gasteiger partial charge on any atom is 0.306 e. The van der Waals surface area contributed by atoms with Gasteiger partial charge in [0.15, 0.2) is 0 Å². The third kappa shape index (κ3) is 23.8. The number of allylic oxidation sites excluding steroid dienone is 6. The summed E-state index contributed by atoms with van der Waals surface area (Å²) < 4.78 is 9.94. The summed E-state index contributed by atoms with van der Waals surface area (Å²) in [5.74, 6) is -1.83. The van der Waals surface area contributed by atoms with Crippen molar-refractivity contribution < 1.29 is 29.0 Å². The predicted octanol–water partition coefficient (Wildman–Crippen LogP) is 5.92. The van der Waals surface area contributed by atoms with Crippen LogP contribution >= 0.6 is 0 Å². The summed E-state index contributed by atoms with van der Waals surface area (Å²) in [5.41, 5.74) is 0. The fraction of sp³-hybridized carbons (Fsp3) is 0.640. The molecule has 1 N–H and O–H groups in total. The van der Waals surface area contributed by atoms with Crippen LogP contribution in [0.15, 0.2) is 36.5 Å². The molecule has 31 heavy (non-hydrogen) atoms. The number of carboxylic acids is 1. The maximum absolute atomic E-state index is 11.6. The topological polar surface area (TPSA) is 89.9 Å². The molecule has 0 atom stereocenters. The van der Waals surface area contributed by atoms with Gasteiger partial charge in [-0.3, -0.25) is 14.4 Å². The number of carboxylic acid groups (broad SMARTS) is 1. The van der Waals surface area contributed by atoms with Gasteiger partial charge in [0.1, 0.15) is 0 Å². The molecule has 0 unspecified atom stereocenters. The molecule has 0 rings (SSSR count). The second kappa shape index (κ2) is 22.3. The molecule has 0 saturated heterocycles. The number of hydrogen-bond donors (Lipinski definition) is 1. The minimum absolute atomic E-state index is 0.125. The van der Waals surface area contributed by atoms with Gasteiger partial charge in [-0.05, 0) is 44.9 Å². The molecule has 0 aromatic heterocycles. The van der Waals surface area contributed by atoms with Crippen LogP contribution in [0.5, 0.6) is 0 Å². The Morgan fingerprint density at radius 2 is 1.16 bits per heavy atom. The van der Waals surface area contributed by atoms with Crippen molar-refractivity contribution in [2.45, 2.75) is 90.4 Å². The second-order valence-electron chi connectivity index (χ2n) is 7.32. The number of aliphatic carboxylic acids is 1. The van der Waals surface area contributed by atoms with Crippen molar-refractivity contribution in [3.05, 3.63) is 36.5 Å². The van der Waals surface area contributed by atoms with E-state index in [1.54, 1.807) is 0 Å². The van der Waals surface area contributed by atoms with Crippen molar-refractivity contribution in [1.82, 2.24) is 0 Å². The SMILES string of the molecule is CCCCCC=CCC=CCC=CCCCCC(=O)OCCCOC(=O)CCC(=O)O. The average molecular weight is 437 g/mol. The van der Waals surface area contributed by atoms with Crippen LogP contribution in [0.25, 0.3) is 0 Å². The molecule has 0 aliphatic heterocycles. The molecule has 0 radical (unpaired) electrons. The van der Waals surface area contributed by atoms with Gasteiger partial charge in [0.25, 0.3) is 0 Å². The van der Waals surface area contributed by atoms with Crippen LogP contribution in [0.2, 0.25) is 0 Å². The lowest BCUT2D eigenvalue weighted by Crippen LogP contribution is -2.11. The first-order chi connectivity index (χ1) is 15.1. The van der Waals surface area contributed by atoms with E-state index in [0.29, 0.717) is 12.8 Å². The number of esters is 2. The Labute approximate surface area is 187 Å². The Morgan fingerprint density at radius 3 is 1.71 bits per heavy atom. The lowest BCUT2D eigenvalue weighted by molar-refractivity contribution is -0.149. The molecule has 6 nitrogen and oxygen atoms in total. The molecule has 0 fully saturated rings. The van der Waals surface area contributed by atoms with Crippen LogP contribution in [-0.2, 0) is 23.9 Å². The number of carbonyl (C=O) groups excluding carboxylic acids is 2. The molecule has 0 aliphatic rings. The van der Waals surface area contributed by atoms with E-state index in [9.17, 15) is 14.4 Å². The second-order valence-corrected chi connectivity index (χ2v) is 7.32. The van der Waals surface area contributed by atoms with E-state index in [0.717, 1.165) is 32.1 Å². The minimum Gasteiger partial charge on any atom is -0.481 e. The van der Waals surface area contributed by atoms with Crippen molar-refractivity contribution in [1.29, 1.82) is 0 Å². The van der Waals surface area contributed by atoms with Gasteiger partial charge >= 0.3 is 17.9 Å². The Morgan fingerprint density at radius 1 is 0.645 bits per heavy atom. The van der Waals surface area contributed by atoms with E-state index in [-0.39, 0.29) is 32.0 Å². The molecule has 0 bridgehead atoms. The third-order valence-corrected chi connectivity index (χ3v) is 4.38. The largest absolute Gasteiger partial charge is 0.481 e. The van der Waals surface area contributed by atoms with Crippen LogP contribution in [0.3, 0.4) is 0 Å². The third-order valence-electron chi connectivity index (χ3n) is 4.38. The van der Waals surface area contributed by atoms with Crippen LogP contribution < -0.4 is 0 Å². The highest BCUT2D eigenvalue weighted by molar-refractivity contribution is 5.76. The van der Waals surface area contributed by atoms with E-state index >= 15 is 0 Å². The van der Waals surface area contributed by atoms with Crippen LogP contribution in [0.4, 0.5) is 0 Å². The molecule has 0 aliphatic carbocycles. The summed E-state index contributed by atoms with van der Waals surface area (Å²) in [6.07, 6.45) is 23.2. The summed E-state index contributed by atoms with van der Waals surface area (Å²) >= 11 is 0. The maximum atomic E-state index is 11.6. The summed E-state index contributed by atoms with van der Waals surface area (Å²) in [5, 5.41) is 8.46. The molecule has 6 heteroatoms. The standard InChI is InChI=1S/C25H40O6/c1-2-3-4-5-6-7-8-9-10-11-12-13-14-15-16-18-24(28)30-21-17-22-31-25(29)20-19-23(26)27/h6-7,9-10,12-13H,2-5,8,11,14-22H2,1H3,(H,26,27). The van der Waals surface area contributed by atoms with Crippen molar-refractivity contribution in [3.63, 3.8) is 0 Å². The molecule has 0 saturated carbocycles. The molecular weight excluding hydrogens is 396 g/mol. The van der Waals surface area contributed by atoms with Gasteiger partial charge < -0.3 is 14.6 Å². The van der Waals surface area contributed by atoms with Gasteiger partial charge in [0.2, 0.25) is 0 Å². The number of unbranched alkanes of at least 4 members (excludes halogenated alkanes) is 5. The Balaban J connectivity index is 3.46.